The third-order valence-corrected chi connectivity index (χ3v) is 6.22. The number of carbonyl (C=O) groups excluding carboxylic acids is 1. The number of unbranched alkanes of at least 4 members (excludes halogenated alkanes) is 2. The molecule has 1 saturated heterocycles. The third-order valence-electron chi connectivity index (χ3n) is 6.22. The van der Waals surface area contributed by atoms with Gasteiger partial charge >= 0.3 is 0 Å². The number of piperidine rings is 1. The molecule has 0 amide bonds. The predicted molar refractivity (Wildman–Crippen MR) is 168 cm³/mol. The van der Waals surface area contributed by atoms with E-state index in [0.29, 0.717) is 12.5 Å². The number of benzene rings is 2. The zero-order valence-electron chi connectivity index (χ0n) is 25.8. The van der Waals surface area contributed by atoms with Crippen molar-refractivity contribution in [2.24, 2.45) is 0 Å². The molecular formula is C33H58N3OW-. The average Bonchev–Trinajstić information content (AvgIpc) is 2.97. The van der Waals surface area contributed by atoms with Gasteiger partial charge in [0.2, 0.25) is 0 Å². The number of nitrogens with one attached hydrogen (secondary N) is 1. The molecule has 4 nitrogen and oxygen atoms in total. The average molecular weight is 697 g/mol. The van der Waals surface area contributed by atoms with Crippen LogP contribution in [0.1, 0.15) is 85.6 Å². The molecule has 0 spiro atoms. The van der Waals surface area contributed by atoms with E-state index < -0.39 is 0 Å². The maximum Gasteiger partial charge on any atom is 0.119 e. The molecule has 0 bridgehead atoms. The Balaban J connectivity index is -0.00000110. The first kappa shape index (κ1) is 40.8. The number of aldehydes is 1. The van der Waals surface area contributed by atoms with Crippen LogP contribution in [0.2, 0.25) is 0 Å². The molecule has 1 aliphatic heterocycles. The second-order valence-electron chi connectivity index (χ2n) is 8.67. The Kier molecular flexibility index (Phi) is 30.5. The fourth-order valence-corrected chi connectivity index (χ4v) is 4.09. The molecule has 1 fully saturated rings. The minimum atomic E-state index is 0. The molecule has 0 radical (unpaired) electrons. The largest absolute Gasteiger partial charge is 0.385 e. The standard InChI is InChI=1S/C25H37N3.C3H6O.2C2H6.CH3.W/c1-3-4-8-18-26-23-13-11-22(12-14-23)15-19-28-20-16-25(17-21-28)27(2)24-9-6-5-7-10-24;1-2-3-4;2*1-2;;/h5-7,9-14,25-26H,3-4,8,15-21H2,1-2H3;3H,2H2,1H3;2*1-2H3;1H3;/q;;;;-1;. The van der Waals surface area contributed by atoms with Crippen molar-refractivity contribution < 1.29 is 25.9 Å². The van der Waals surface area contributed by atoms with E-state index in [0.717, 1.165) is 19.3 Å². The molecule has 0 saturated carbocycles. The zero-order chi connectivity index (χ0) is 27.0. The number of hydrogen-bond donors (Lipinski definition) is 1. The summed E-state index contributed by atoms with van der Waals surface area (Å²) in [6.07, 6.45) is 9.02. The molecule has 0 unspecified atom stereocenters. The summed E-state index contributed by atoms with van der Waals surface area (Å²) in [6, 6.07) is 20.5. The minimum absolute atomic E-state index is 0. The van der Waals surface area contributed by atoms with Gasteiger partial charge in [0.15, 0.2) is 0 Å². The van der Waals surface area contributed by atoms with Crippen LogP contribution in [0.25, 0.3) is 0 Å². The maximum atomic E-state index is 9.17. The summed E-state index contributed by atoms with van der Waals surface area (Å²) in [5, 5.41) is 3.53. The van der Waals surface area contributed by atoms with E-state index in [9.17, 15) is 4.79 Å². The first-order valence-electron chi connectivity index (χ1n) is 14.4. The maximum absolute atomic E-state index is 9.17. The van der Waals surface area contributed by atoms with Crippen LogP contribution in [0.5, 0.6) is 0 Å². The third kappa shape index (κ3) is 17.8. The van der Waals surface area contributed by atoms with Crippen LogP contribution in [-0.4, -0.2) is 50.5 Å². The van der Waals surface area contributed by atoms with E-state index in [-0.39, 0.29) is 28.5 Å². The monoisotopic (exact) mass is 696 g/mol. The van der Waals surface area contributed by atoms with Crippen molar-refractivity contribution in [3.63, 3.8) is 0 Å². The van der Waals surface area contributed by atoms with Crippen molar-refractivity contribution in [1.29, 1.82) is 0 Å². The van der Waals surface area contributed by atoms with E-state index in [4.69, 9.17) is 0 Å². The van der Waals surface area contributed by atoms with Gasteiger partial charge in [0, 0.05) is 78.1 Å². The number of rotatable bonds is 11. The molecular weight excluding hydrogens is 638 g/mol. The van der Waals surface area contributed by atoms with Crippen LogP contribution in [-0.2, 0) is 32.3 Å². The van der Waals surface area contributed by atoms with Gasteiger partial charge in [0.05, 0.1) is 0 Å². The predicted octanol–water partition coefficient (Wildman–Crippen LogP) is 8.53. The molecule has 1 heterocycles. The number of carbonyl (C=O) groups is 1. The van der Waals surface area contributed by atoms with Gasteiger partial charge in [0.25, 0.3) is 0 Å². The summed E-state index contributed by atoms with van der Waals surface area (Å²) in [6.45, 7) is 16.7. The molecule has 5 heteroatoms. The van der Waals surface area contributed by atoms with E-state index >= 15 is 0 Å². The normalized spacial score (nSPS) is 12.4. The number of para-hydroxylation sites is 1. The topological polar surface area (TPSA) is 35.6 Å². The van der Waals surface area contributed by atoms with E-state index in [1.165, 1.54) is 68.7 Å². The molecule has 0 atom stereocenters. The molecule has 218 valence electrons. The van der Waals surface area contributed by atoms with Crippen molar-refractivity contribution in [3.05, 3.63) is 67.6 Å². The smallest absolute Gasteiger partial charge is 0.119 e. The van der Waals surface area contributed by atoms with E-state index in [1.807, 2.05) is 34.6 Å². The number of likely N-dealkylation sites (tertiary alicyclic amines) is 1. The quantitative estimate of drug-likeness (QED) is 0.145. The summed E-state index contributed by atoms with van der Waals surface area (Å²) in [7, 11) is 2.24. The van der Waals surface area contributed by atoms with Gasteiger partial charge in [-0.3, -0.25) is 0 Å². The SMILES string of the molecule is CC.CC.CCC=O.CCCCCNc1ccc(CCN2CCC(N(C)c3ccccc3)CC2)cc1.[CH3-].[W]. The number of anilines is 2. The molecule has 38 heavy (non-hydrogen) atoms. The van der Waals surface area contributed by atoms with Crippen LogP contribution in [0.3, 0.4) is 0 Å². The van der Waals surface area contributed by atoms with Gasteiger partial charge in [-0.2, -0.15) is 0 Å². The molecule has 0 aromatic heterocycles. The Hall–Kier alpha value is -1.64. The first-order valence-corrected chi connectivity index (χ1v) is 14.4. The molecule has 1 aliphatic rings. The molecule has 2 aromatic rings. The van der Waals surface area contributed by atoms with Gasteiger partial charge < -0.3 is 27.3 Å². The summed E-state index contributed by atoms with van der Waals surface area (Å²) in [5.74, 6) is 0. The van der Waals surface area contributed by atoms with Crippen molar-refractivity contribution >= 4 is 17.7 Å². The van der Waals surface area contributed by atoms with Crippen LogP contribution in [0, 0.1) is 7.43 Å². The van der Waals surface area contributed by atoms with Crippen molar-refractivity contribution in [1.82, 2.24) is 4.90 Å². The second-order valence-corrected chi connectivity index (χ2v) is 8.67. The summed E-state index contributed by atoms with van der Waals surface area (Å²) < 4.78 is 0. The Bertz CT molecular complexity index is 732. The van der Waals surface area contributed by atoms with Gasteiger partial charge in [-0.05, 0) is 55.5 Å². The van der Waals surface area contributed by atoms with Crippen LogP contribution in [0.4, 0.5) is 11.4 Å². The van der Waals surface area contributed by atoms with Gasteiger partial charge in [0.1, 0.15) is 6.29 Å². The second kappa shape index (κ2) is 28.4. The number of hydrogen-bond acceptors (Lipinski definition) is 4. The Morgan fingerprint density at radius 2 is 1.47 bits per heavy atom. The first-order chi connectivity index (χ1) is 17.7. The van der Waals surface area contributed by atoms with E-state index in [2.05, 4.69) is 83.7 Å². The van der Waals surface area contributed by atoms with Crippen LogP contribution in [0.15, 0.2) is 54.6 Å². The molecule has 0 aliphatic carbocycles. The number of nitrogens with zero attached hydrogens (tertiary/aromatic N) is 2. The molecule has 3 rings (SSSR count). The minimum Gasteiger partial charge on any atom is -0.385 e. The fraction of sp³-hybridized carbons (Fsp3) is 0.576. The van der Waals surface area contributed by atoms with E-state index in [1.54, 1.807) is 0 Å². The van der Waals surface area contributed by atoms with Gasteiger partial charge in [-0.1, -0.05) is 84.7 Å². The molecule has 2 aromatic carbocycles. The zero-order valence-corrected chi connectivity index (χ0v) is 28.8. The Morgan fingerprint density at radius 1 is 0.921 bits per heavy atom. The van der Waals surface area contributed by atoms with Gasteiger partial charge in [-0.25, -0.2) is 0 Å². The summed E-state index contributed by atoms with van der Waals surface area (Å²) >= 11 is 0. The summed E-state index contributed by atoms with van der Waals surface area (Å²) in [5.41, 5.74) is 4.04. The van der Waals surface area contributed by atoms with Crippen LogP contribution >= 0.6 is 0 Å². The van der Waals surface area contributed by atoms with Gasteiger partial charge in [-0.15, -0.1) is 0 Å². The Labute approximate surface area is 251 Å². The molecule has 1 N–H and O–H groups in total. The fourth-order valence-electron chi connectivity index (χ4n) is 4.09. The van der Waals surface area contributed by atoms with Crippen molar-refractivity contribution in [3.8, 4) is 0 Å². The van der Waals surface area contributed by atoms with Crippen molar-refractivity contribution in [2.45, 2.75) is 92.5 Å². The Morgan fingerprint density at radius 3 is 1.97 bits per heavy atom. The summed E-state index contributed by atoms with van der Waals surface area (Å²) in [4.78, 5) is 14.3. The van der Waals surface area contributed by atoms with Crippen LogP contribution < -0.4 is 10.2 Å². The van der Waals surface area contributed by atoms with Crippen molar-refractivity contribution in [2.75, 3.05) is 43.4 Å².